The molecule has 0 spiro atoms. The molecule has 79 heavy (non-hydrogen) atoms. The van der Waals surface area contributed by atoms with Crippen molar-refractivity contribution in [3.63, 3.8) is 0 Å². The molecule has 0 radical (unpaired) electrons. The van der Waals surface area contributed by atoms with Crippen LogP contribution in [0.1, 0.15) is 115 Å². The van der Waals surface area contributed by atoms with Crippen LogP contribution in [0, 0.1) is 12.8 Å². The molecule has 0 bridgehead atoms. The average molecular weight is 1090 g/mol. The Labute approximate surface area is 460 Å². The Hall–Kier alpha value is -7.80. The van der Waals surface area contributed by atoms with Crippen LogP contribution < -0.4 is 25.2 Å². The molecule has 1 atom stereocenters. The Kier molecular flexibility index (Phi) is 14.4. The zero-order chi connectivity index (χ0) is 55.3. The topological polar surface area (TPSA) is 181 Å². The number of amides is 4. The van der Waals surface area contributed by atoms with E-state index in [4.69, 9.17) is 19.6 Å². The maximum atomic E-state index is 16.0. The van der Waals surface area contributed by atoms with Crippen molar-refractivity contribution >= 4 is 78.7 Å². The molecular weight excluding hydrogens is 1030 g/mol. The number of rotatable bonds is 12. The van der Waals surface area contributed by atoms with E-state index in [1.54, 1.807) is 11.7 Å². The van der Waals surface area contributed by atoms with E-state index in [-0.39, 0.29) is 54.9 Å². The summed E-state index contributed by atoms with van der Waals surface area (Å²) in [6, 6.07) is 28.6. The van der Waals surface area contributed by atoms with Gasteiger partial charge >= 0.3 is 11.9 Å². The highest BCUT2D eigenvalue weighted by Crippen LogP contribution is 2.41. The first kappa shape index (κ1) is 53.2. The zero-order valence-electron chi connectivity index (χ0n) is 44.9. The number of ether oxygens (including phenoxy) is 2. The molecule has 3 aromatic heterocycles. The number of halogens is 2. The number of nitrogens with zero attached hydrogens (tertiary/aromatic N) is 7. The second-order valence-electron chi connectivity index (χ2n) is 22.2. The van der Waals surface area contributed by atoms with Crippen LogP contribution >= 0.6 is 11.3 Å². The SMILES string of the molecule is Cc1c(OC2CCC(CC(F)(F)C(=O)N3CCN(c4cccc5c(C6CCC(=O)NC6=O)nn(C)c45)CC3)CC2)cccc1-c1ccc(N2CCc3cccc(C(=O)Nc4nc5ccccc5s4)c3C2)nc1C(=O)OC(C)(C)C. The van der Waals surface area contributed by atoms with Crippen molar-refractivity contribution in [1.29, 1.82) is 0 Å². The Morgan fingerprint density at radius 1 is 0.810 bits per heavy atom. The van der Waals surface area contributed by atoms with E-state index in [0.717, 1.165) is 49.1 Å². The second-order valence-corrected chi connectivity index (χ2v) is 23.2. The highest BCUT2D eigenvalue weighted by Gasteiger charge is 2.45. The third-order valence-electron chi connectivity index (χ3n) is 15.7. The molecule has 1 aliphatic carbocycles. The summed E-state index contributed by atoms with van der Waals surface area (Å²) in [5.74, 6) is -5.93. The molecule has 2 N–H and O–H groups in total. The number of fused-ring (bicyclic) bond motifs is 3. The van der Waals surface area contributed by atoms with Crippen molar-refractivity contribution in [3.05, 3.63) is 125 Å². The molecule has 6 heterocycles. The number of aryl methyl sites for hydroxylation is 1. The van der Waals surface area contributed by atoms with Gasteiger partial charge in [0.1, 0.15) is 17.2 Å². The largest absolute Gasteiger partial charge is 0.490 e. The molecule has 1 saturated carbocycles. The summed E-state index contributed by atoms with van der Waals surface area (Å²) >= 11 is 1.42. The first-order valence-electron chi connectivity index (χ1n) is 27.1. The van der Waals surface area contributed by atoms with Crippen molar-refractivity contribution in [3.8, 4) is 16.9 Å². The number of esters is 1. The number of hydrogen-bond acceptors (Lipinski definition) is 13. The summed E-state index contributed by atoms with van der Waals surface area (Å²) in [4.78, 5) is 81.0. The number of hydrogen-bond donors (Lipinski definition) is 2. The van der Waals surface area contributed by atoms with Crippen LogP contribution in [-0.2, 0) is 39.1 Å². The van der Waals surface area contributed by atoms with Gasteiger partial charge < -0.3 is 24.2 Å². The molecule has 4 amide bonds. The number of carbonyl (C=O) groups is 5. The summed E-state index contributed by atoms with van der Waals surface area (Å²) in [6.45, 7) is 9.30. The minimum absolute atomic E-state index is 0.129. The molecule has 19 heteroatoms. The first-order chi connectivity index (χ1) is 37.9. The third-order valence-corrected chi connectivity index (χ3v) is 16.6. The van der Waals surface area contributed by atoms with Crippen LogP contribution in [0.25, 0.3) is 32.2 Å². The molecule has 3 fully saturated rings. The van der Waals surface area contributed by atoms with Crippen LogP contribution in [0.5, 0.6) is 5.75 Å². The number of para-hydroxylation sites is 2. The lowest BCUT2D eigenvalue weighted by Gasteiger charge is -2.38. The number of piperazine rings is 1. The number of carbonyl (C=O) groups excluding carboxylic acids is 5. The highest BCUT2D eigenvalue weighted by atomic mass is 32.1. The predicted octanol–water partition coefficient (Wildman–Crippen LogP) is 10.2. The Morgan fingerprint density at radius 2 is 1.57 bits per heavy atom. The van der Waals surface area contributed by atoms with Crippen LogP contribution in [0.3, 0.4) is 0 Å². The van der Waals surface area contributed by atoms with Crippen molar-refractivity contribution in [1.82, 2.24) is 30.0 Å². The number of benzene rings is 4. The number of pyridine rings is 1. The van der Waals surface area contributed by atoms with Gasteiger partial charge in [-0.1, -0.05) is 59.9 Å². The molecule has 7 aromatic rings. The Bertz CT molecular complexity index is 3510. The number of aromatic nitrogens is 4. The Balaban J connectivity index is 0.726. The molecule has 4 aliphatic rings. The predicted molar refractivity (Wildman–Crippen MR) is 299 cm³/mol. The van der Waals surface area contributed by atoms with Crippen LogP contribution in [0.15, 0.2) is 91.0 Å². The quantitative estimate of drug-likeness (QED) is 0.0874. The van der Waals surface area contributed by atoms with Crippen LogP contribution in [-0.4, -0.2) is 105 Å². The lowest BCUT2D eigenvalue weighted by Crippen LogP contribution is -2.53. The Morgan fingerprint density at radius 3 is 2.33 bits per heavy atom. The minimum atomic E-state index is -3.53. The lowest BCUT2D eigenvalue weighted by molar-refractivity contribution is -0.160. The highest BCUT2D eigenvalue weighted by molar-refractivity contribution is 7.22. The monoisotopic (exact) mass is 1090 g/mol. The van der Waals surface area contributed by atoms with Crippen molar-refractivity contribution < 1.29 is 42.2 Å². The molecule has 2 saturated heterocycles. The van der Waals surface area contributed by atoms with E-state index in [0.29, 0.717) is 98.2 Å². The van der Waals surface area contributed by atoms with Gasteiger partial charge in [-0.15, -0.1) is 0 Å². The van der Waals surface area contributed by atoms with Crippen molar-refractivity contribution in [2.75, 3.05) is 47.8 Å². The fraction of sp³-hybridized carbons (Fsp3) is 0.400. The summed E-state index contributed by atoms with van der Waals surface area (Å²) in [7, 11) is 1.80. The molecule has 3 aliphatic heterocycles. The maximum absolute atomic E-state index is 16.0. The zero-order valence-corrected chi connectivity index (χ0v) is 45.8. The van der Waals surface area contributed by atoms with Crippen molar-refractivity contribution in [2.24, 2.45) is 13.0 Å². The molecule has 11 rings (SSSR count). The number of alkyl halides is 2. The smallest absolute Gasteiger partial charge is 0.358 e. The van der Waals surface area contributed by atoms with E-state index in [2.05, 4.69) is 25.4 Å². The van der Waals surface area contributed by atoms with Gasteiger partial charge in [-0.2, -0.15) is 13.9 Å². The van der Waals surface area contributed by atoms with Gasteiger partial charge in [-0.3, -0.25) is 34.5 Å². The summed E-state index contributed by atoms with van der Waals surface area (Å²) in [6.07, 6.45) is 2.50. The van der Waals surface area contributed by atoms with Gasteiger partial charge in [-0.25, -0.2) is 14.8 Å². The van der Waals surface area contributed by atoms with E-state index in [1.165, 1.54) is 16.2 Å². The minimum Gasteiger partial charge on any atom is -0.490 e. The van der Waals surface area contributed by atoms with Gasteiger partial charge in [0.25, 0.3) is 11.8 Å². The lowest BCUT2D eigenvalue weighted by atomic mass is 9.83. The number of nitrogens with one attached hydrogen (secondary N) is 2. The van der Waals surface area contributed by atoms with Crippen LogP contribution in [0.2, 0.25) is 0 Å². The second kappa shape index (κ2) is 21.4. The van der Waals surface area contributed by atoms with E-state index >= 15 is 8.78 Å². The average Bonchev–Trinajstić information content (AvgIpc) is 4.14. The maximum Gasteiger partial charge on any atom is 0.358 e. The standard InChI is InChI=1S/C60H63F2N9O7S/c1-35-39(40-23-25-49(64-52(40)56(75)78-59(2,3)4)71-28-27-37-11-8-13-41(44(37)34-71)54(73)66-58-63-45-15-6-7-18-48(45)79-58)12-10-17-47(35)77-38-21-19-36(20-22-38)33-60(61,62)57(76)70-31-29-69(30-32-70)46-16-9-14-42-51(67-68(5)53(42)46)43-24-26-50(72)65-55(43)74/h6-18,23,25,36,38,43H,19-22,24,26-34H2,1-5H3,(H,63,66,73)(H,65,72,74). The van der Waals surface area contributed by atoms with Gasteiger partial charge in [0.15, 0.2) is 10.8 Å². The molecule has 16 nitrogen and oxygen atoms in total. The van der Waals surface area contributed by atoms with Gasteiger partial charge in [-0.05, 0) is 137 Å². The summed E-state index contributed by atoms with van der Waals surface area (Å²) < 4.78 is 47.2. The van der Waals surface area contributed by atoms with Crippen LogP contribution in [0.4, 0.5) is 25.4 Å². The summed E-state index contributed by atoms with van der Waals surface area (Å²) in [5.41, 5.74) is 6.96. The molecular formula is C60H63F2N9O7S. The fourth-order valence-electron chi connectivity index (χ4n) is 11.7. The molecule has 4 aromatic carbocycles. The third kappa shape index (κ3) is 11.0. The van der Waals surface area contributed by atoms with Gasteiger partial charge in [0, 0.05) is 75.7 Å². The first-order valence-corrected chi connectivity index (χ1v) is 27.9. The van der Waals surface area contributed by atoms with Gasteiger partial charge in [0.2, 0.25) is 11.8 Å². The number of imide groups is 1. The van der Waals surface area contributed by atoms with E-state index < -0.39 is 35.7 Å². The van der Waals surface area contributed by atoms with E-state index in [1.807, 2.05) is 119 Å². The molecule has 1 unspecified atom stereocenters. The van der Waals surface area contributed by atoms with Crippen molar-refractivity contribution in [2.45, 2.75) is 109 Å². The number of anilines is 3. The number of piperidine rings is 1. The summed E-state index contributed by atoms with van der Waals surface area (Å²) in [5, 5.41) is 11.4. The fourth-order valence-corrected chi connectivity index (χ4v) is 12.6. The van der Waals surface area contributed by atoms with E-state index in [9.17, 15) is 24.0 Å². The van der Waals surface area contributed by atoms with Gasteiger partial charge in [0.05, 0.1) is 39.1 Å². The molecule has 410 valence electrons. The normalized spacial score (nSPS) is 19.1. The number of thiazole rings is 1.